The molecule has 0 aliphatic heterocycles. The summed E-state index contributed by atoms with van der Waals surface area (Å²) in [6.45, 7) is 8.52. The second-order valence-corrected chi connectivity index (χ2v) is 7.31. The third-order valence-electron chi connectivity index (χ3n) is 5.02. The van der Waals surface area contributed by atoms with Gasteiger partial charge in [0.05, 0.1) is 17.1 Å². The van der Waals surface area contributed by atoms with Crippen LogP contribution in [0.2, 0.25) is 0 Å². The summed E-state index contributed by atoms with van der Waals surface area (Å²) in [6.07, 6.45) is 0. The molecule has 1 heterocycles. The largest absolute Gasteiger partial charge is 0.232 e. The third kappa shape index (κ3) is 3.31. The van der Waals surface area contributed by atoms with E-state index in [1.807, 2.05) is 0 Å². The first-order chi connectivity index (χ1) is 13.0. The molecule has 4 rings (SSSR count). The molecule has 0 atom stereocenters. The van der Waals surface area contributed by atoms with E-state index >= 15 is 0 Å². The highest BCUT2D eigenvalue weighted by Gasteiger charge is 2.18. The number of hydrogen-bond acceptors (Lipinski definition) is 1. The van der Waals surface area contributed by atoms with Gasteiger partial charge < -0.3 is 0 Å². The van der Waals surface area contributed by atoms with Crippen molar-refractivity contribution in [3.63, 3.8) is 0 Å². The second kappa shape index (κ2) is 6.88. The zero-order valence-electron chi connectivity index (χ0n) is 16.3. The van der Waals surface area contributed by atoms with E-state index in [-0.39, 0.29) is 0 Å². The standard InChI is InChI=1S/C25H24N2/c1-17-8-12-21(13-9-17)24-20(4)25(22-14-10-18(2)11-15-22)27(26-24)23-7-5-6-19(3)16-23/h5-16H,1-4H3. The molecule has 0 N–H and O–H groups in total. The molecule has 0 aliphatic carbocycles. The summed E-state index contributed by atoms with van der Waals surface area (Å²) in [4.78, 5) is 0. The fourth-order valence-corrected chi connectivity index (χ4v) is 3.48. The van der Waals surface area contributed by atoms with Crippen LogP contribution in [-0.4, -0.2) is 9.78 Å². The summed E-state index contributed by atoms with van der Waals surface area (Å²) < 4.78 is 2.09. The van der Waals surface area contributed by atoms with Crippen molar-refractivity contribution in [3.05, 3.63) is 95.1 Å². The molecule has 1 aromatic heterocycles. The molecule has 2 nitrogen and oxygen atoms in total. The SMILES string of the molecule is Cc1ccc(-c2nn(-c3cccc(C)c3)c(-c3ccc(C)cc3)c2C)cc1. The minimum absolute atomic E-state index is 1.03. The maximum atomic E-state index is 5.04. The van der Waals surface area contributed by atoms with Crippen LogP contribution in [-0.2, 0) is 0 Å². The number of hydrogen-bond donors (Lipinski definition) is 0. The van der Waals surface area contributed by atoms with Gasteiger partial charge in [-0.3, -0.25) is 0 Å². The zero-order valence-corrected chi connectivity index (χ0v) is 16.3. The highest BCUT2D eigenvalue weighted by atomic mass is 15.3. The highest BCUT2D eigenvalue weighted by molar-refractivity contribution is 5.76. The first-order valence-electron chi connectivity index (χ1n) is 9.33. The number of aromatic nitrogens is 2. The summed E-state index contributed by atoms with van der Waals surface area (Å²) >= 11 is 0. The van der Waals surface area contributed by atoms with E-state index in [9.17, 15) is 0 Å². The Labute approximate surface area is 161 Å². The molecule has 0 radical (unpaired) electrons. The van der Waals surface area contributed by atoms with Crippen LogP contribution in [0.25, 0.3) is 28.2 Å². The van der Waals surface area contributed by atoms with Gasteiger partial charge in [0.25, 0.3) is 0 Å². The van der Waals surface area contributed by atoms with Gasteiger partial charge in [-0.25, -0.2) is 4.68 Å². The Morgan fingerprint density at radius 3 is 1.81 bits per heavy atom. The molecule has 134 valence electrons. The summed E-state index contributed by atoms with van der Waals surface area (Å²) in [5.41, 5.74) is 10.6. The summed E-state index contributed by atoms with van der Waals surface area (Å²) in [6, 6.07) is 25.8. The van der Waals surface area contributed by atoms with Crippen LogP contribution in [0.3, 0.4) is 0 Å². The van der Waals surface area contributed by atoms with Crippen LogP contribution in [0.5, 0.6) is 0 Å². The lowest BCUT2D eigenvalue weighted by Crippen LogP contribution is -2.00. The predicted molar refractivity (Wildman–Crippen MR) is 113 cm³/mol. The molecule has 0 saturated carbocycles. The Morgan fingerprint density at radius 1 is 0.630 bits per heavy atom. The van der Waals surface area contributed by atoms with Crippen molar-refractivity contribution in [3.8, 4) is 28.2 Å². The van der Waals surface area contributed by atoms with Gasteiger partial charge in [-0.1, -0.05) is 71.8 Å². The van der Waals surface area contributed by atoms with E-state index in [4.69, 9.17) is 5.10 Å². The molecule has 2 heteroatoms. The predicted octanol–water partition coefficient (Wildman–Crippen LogP) is 6.44. The number of aryl methyl sites for hydroxylation is 3. The molecule has 0 spiro atoms. The van der Waals surface area contributed by atoms with Crippen molar-refractivity contribution < 1.29 is 0 Å². The van der Waals surface area contributed by atoms with E-state index in [1.165, 1.54) is 27.8 Å². The van der Waals surface area contributed by atoms with Gasteiger partial charge in [-0.15, -0.1) is 0 Å². The minimum Gasteiger partial charge on any atom is -0.232 e. The maximum absolute atomic E-state index is 5.04. The van der Waals surface area contributed by atoms with E-state index < -0.39 is 0 Å². The normalized spacial score (nSPS) is 11.0. The number of nitrogens with zero attached hydrogens (tertiary/aromatic N) is 2. The van der Waals surface area contributed by atoms with Crippen molar-refractivity contribution in [2.24, 2.45) is 0 Å². The second-order valence-electron chi connectivity index (χ2n) is 7.31. The summed E-state index contributed by atoms with van der Waals surface area (Å²) in [5.74, 6) is 0. The van der Waals surface area contributed by atoms with Gasteiger partial charge in [0.2, 0.25) is 0 Å². The van der Waals surface area contributed by atoms with Crippen LogP contribution in [0, 0.1) is 27.7 Å². The Balaban J connectivity index is 1.97. The molecule has 0 bridgehead atoms. The fraction of sp³-hybridized carbons (Fsp3) is 0.160. The van der Waals surface area contributed by atoms with E-state index in [0.29, 0.717) is 0 Å². The van der Waals surface area contributed by atoms with Gasteiger partial charge in [-0.2, -0.15) is 5.10 Å². The minimum atomic E-state index is 1.03. The van der Waals surface area contributed by atoms with Crippen LogP contribution in [0.4, 0.5) is 0 Å². The topological polar surface area (TPSA) is 17.8 Å². The summed E-state index contributed by atoms with van der Waals surface area (Å²) in [5, 5.41) is 5.04. The zero-order chi connectivity index (χ0) is 19.0. The van der Waals surface area contributed by atoms with E-state index in [1.54, 1.807) is 0 Å². The Kier molecular flexibility index (Phi) is 4.41. The first-order valence-corrected chi connectivity index (χ1v) is 9.33. The molecule has 0 aliphatic rings. The molecular formula is C25H24N2. The number of rotatable bonds is 3. The summed E-state index contributed by atoms with van der Waals surface area (Å²) in [7, 11) is 0. The van der Waals surface area contributed by atoms with E-state index in [2.05, 4.69) is 105 Å². The van der Waals surface area contributed by atoms with Crippen LogP contribution in [0.1, 0.15) is 22.3 Å². The lowest BCUT2D eigenvalue weighted by atomic mass is 10.0. The Morgan fingerprint density at radius 2 is 1.22 bits per heavy atom. The Hall–Kier alpha value is -3.13. The molecule has 0 amide bonds. The maximum Gasteiger partial charge on any atom is 0.0963 e. The molecule has 27 heavy (non-hydrogen) atoms. The Bertz CT molecular complexity index is 1080. The quantitative estimate of drug-likeness (QED) is 0.415. The molecule has 4 aromatic rings. The number of benzene rings is 3. The fourth-order valence-electron chi connectivity index (χ4n) is 3.48. The smallest absolute Gasteiger partial charge is 0.0963 e. The van der Waals surface area contributed by atoms with Crippen LogP contribution >= 0.6 is 0 Å². The first kappa shape index (κ1) is 17.3. The average molecular weight is 352 g/mol. The van der Waals surface area contributed by atoms with Crippen molar-refractivity contribution in [1.29, 1.82) is 0 Å². The van der Waals surface area contributed by atoms with Gasteiger partial charge in [-0.05, 0) is 45.4 Å². The molecule has 0 saturated heterocycles. The monoisotopic (exact) mass is 352 g/mol. The molecule has 0 fully saturated rings. The molecular weight excluding hydrogens is 328 g/mol. The average Bonchev–Trinajstić information content (AvgIpc) is 3.00. The van der Waals surface area contributed by atoms with Gasteiger partial charge in [0.1, 0.15) is 0 Å². The molecule has 0 unspecified atom stereocenters. The molecule has 3 aromatic carbocycles. The van der Waals surface area contributed by atoms with Gasteiger partial charge in [0.15, 0.2) is 0 Å². The van der Waals surface area contributed by atoms with Crippen molar-refractivity contribution >= 4 is 0 Å². The lowest BCUT2D eigenvalue weighted by Gasteiger charge is -2.10. The van der Waals surface area contributed by atoms with Crippen LogP contribution < -0.4 is 0 Å². The highest BCUT2D eigenvalue weighted by Crippen LogP contribution is 2.34. The lowest BCUT2D eigenvalue weighted by molar-refractivity contribution is 0.890. The van der Waals surface area contributed by atoms with Crippen molar-refractivity contribution in [2.45, 2.75) is 27.7 Å². The van der Waals surface area contributed by atoms with Gasteiger partial charge in [0, 0.05) is 16.7 Å². The van der Waals surface area contributed by atoms with Crippen molar-refractivity contribution in [2.75, 3.05) is 0 Å². The van der Waals surface area contributed by atoms with Crippen LogP contribution in [0.15, 0.2) is 72.8 Å². The van der Waals surface area contributed by atoms with E-state index in [0.717, 1.165) is 22.6 Å². The third-order valence-corrected chi connectivity index (χ3v) is 5.02. The van der Waals surface area contributed by atoms with Crippen molar-refractivity contribution in [1.82, 2.24) is 9.78 Å². The van der Waals surface area contributed by atoms with Gasteiger partial charge >= 0.3 is 0 Å².